The number of ether oxygens (including phenoxy) is 2. The predicted molar refractivity (Wildman–Crippen MR) is 232 cm³/mol. The van der Waals surface area contributed by atoms with Crippen molar-refractivity contribution < 1.29 is 39.2 Å². The first-order chi connectivity index (χ1) is 28.2. The molecule has 0 saturated carbocycles. The molecule has 1 heterocycles. The van der Waals surface area contributed by atoms with E-state index < -0.39 is 55.2 Å². The summed E-state index contributed by atoms with van der Waals surface area (Å²) in [6.45, 7) is 5.78. The van der Waals surface area contributed by atoms with Crippen LogP contribution in [0.1, 0.15) is 193 Å². The summed E-state index contributed by atoms with van der Waals surface area (Å²) >= 11 is 0. The molecule has 0 radical (unpaired) electrons. The van der Waals surface area contributed by atoms with Crippen molar-refractivity contribution in [2.45, 2.75) is 231 Å². The second-order valence-electron chi connectivity index (χ2n) is 16.7. The van der Waals surface area contributed by atoms with Crippen LogP contribution in [0.3, 0.4) is 0 Å². The number of nitrogens with one attached hydrogen (secondary N) is 2. The minimum Gasteiger partial charge on any atom is -0.445 e. The van der Waals surface area contributed by atoms with Gasteiger partial charge >= 0.3 is 6.09 Å². The van der Waals surface area contributed by atoms with Gasteiger partial charge in [0.15, 0.2) is 6.23 Å². The molecule has 11 heteroatoms. The van der Waals surface area contributed by atoms with Gasteiger partial charge in [-0.1, -0.05) is 192 Å². The molecule has 0 aliphatic carbocycles. The molecule has 1 saturated heterocycles. The minimum absolute atomic E-state index is 0.0302. The van der Waals surface area contributed by atoms with Crippen molar-refractivity contribution in [1.82, 2.24) is 15.5 Å². The number of alkyl carbamates (subject to hydrolysis) is 1. The molecule has 334 valence electrons. The van der Waals surface area contributed by atoms with E-state index in [0.29, 0.717) is 19.4 Å². The molecule has 6 atom stereocenters. The number of unbranched alkanes of at least 4 members (excludes halogenated alkanes) is 23. The molecule has 0 aromatic heterocycles. The first kappa shape index (κ1) is 51.4. The van der Waals surface area contributed by atoms with Gasteiger partial charge in [0, 0.05) is 13.0 Å². The van der Waals surface area contributed by atoms with Crippen molar-refractivity contribution in [1.29, 1.82) is 0 Å². The Morgan fingerprint density at radius 3 is 1.64 bits per heavy atom. The summed E-state index contributed by atoms with van der Waals surface area (Å²) in [5, 5.41) is 37.5. The fourth-order valence-electron chi connectivity index (χ4n) is 7.77. The minimum atomic E-state index is -1.54. The van der Waals surface area contributed by atoms with Crippen LogP contribution in [0, 0.1) is 0 Å². The Hall–Kier alpha value is -2.73. The molecule has 1 aromatic rings. The molecular formula is C47H83N3O8. The van der Waals surface area contributed by atoms with Gasteiger partial charge in [-0.25, -0.2) is 4.79 Å². The molecule has 3 amide bonds. The highest BCUT2D eigenvalue weighted by atomic mass is 16.6. The number of aliphatic hydroxyl groups excluding tert-OH is 3. The molecule has 1 aliphatic rings. The molecule has 1 aliphatic heterocycles. The van der Waals surface area contributed by atoms with E-state index in [1.54, 1.807) is 4.90 Å². The zero-order valence-electron chi connectivity index (χ0n) is 36.7. The van der Waals surface area contributed by atoms with Crippen LogP contribution in [-0.4, -0.2) is 87.9 Å². The van der Waals surface area contributed by atoms with E-state index in [9.17, 15) is 29.7 Å². The average molecular weight is 818 g/mol. The topological polar surface area (TPSA) is 158 Å². The number of hydrogen-bond donors (Lipinski definition) is 5. The molecule has 0 spiro atoms. The van der Waals surface area contributed by atoms with Gasteiger partial charge in [0.25, 0.3) is 0 Å². The summed E-state index contributed by atoms with van der Waals surface area (Å²) in [4.78, 5) is 41.5. The molecule has 11 nitrogen and oxygen atoms in total. The quantitative estimate of drug-likeness (QED) is 0.0431. The summed E-state index contributed by atoms with van der Waals surface area (Å²) in [7, 11) is 0. The lowest BCUT2D eigenvalue weighted by Crippen LogP contribution is -2.69. The number of hydrogen-bond acceptors (Lipinski definition) is 8. The highest BCUT2D eigenvalue weighted by Crippen LogP contribution is 2.26. The fourth-order valence-corrected chi connectivity index (χ4v) is 7.77. The number of carbonyl (C=O) groups excluding carboxylic acids is 3. The van der Waals surface area contributed by atoms with Gasteiger partial charge in [-0.3, -0.25) is 9.59 Å². The van der Waals surface area contributed by atoms with E-state index in [-0.39, 0.29) is 12.5 Å². The Morgan fingerprint density at radius 1 is 0.690 bits per heavy atom. The molecule has 5 N–H and O–H groups in total. The third-order valence-electron chi connectivity index (χ3n) is 11.5. The number of rotatable bonds is 34. The monoisotopic (exact) mass is 818 g/mol. The van der Waals surface area contributed by atoms with Gasteiger partial charge in [0.05, 0.1) is 6.61 Å². The van der Waals surface area contributed by atoms with E-state index in [2.05, 4.69) is 24.5 Å². The maximum atomic E-state index is 14.0. The summed E-state index contributed by atoms with van der Waals surface area (Å²) in [5.74, 6) is -0.790. The number of carbonyl (C=O) groups is 3. The molecule has 0 bridgehead atoms. The Kier molecular flexibility index (Phi) is 29.3. The lowest BCUT2D eigenvalue weighted by atomic mass is 9.94. The Balaban J connectivity index is 1.96. The third kappa shape index (κ3) is 22.0. The van der Waals surface area contributed by atoms with E-state index in [1.165, 1.54) is 116 Å². The molecule has 1 fully saturated rings. The second kappa shape index (κ2) is 33.0. The number of aliphatic hydroxyl groups is 3. The zero-order valence-corrected chi connectivity index (χ0v) is 36.7. The van der Waals surface area contributed by atoms with Crippen LogP contribution in [0.4, 0.5) is 4.79 Å². The van der Waals surface area contributed by atoms with Gasteiger partial charge in [0.1, 0.15) is 37.0 Å². The molecule has 58 heavy (non-hydrogen) atoms. The van der Waals surface area contributed by atoms with Crippen molar-refractivity contribution in [2.75, 3.05) is 13.2 Å². The van der Waals surface area contributed by atoms with Crippen molar-refractivity contribution >= 4 is 17.9 Å². The lowest BCUT2D eigenvalue weighted by Gasteiger charge is -2.47. The van der Waals surface area contributed by atoms with Crippen molar-refractivity contribution in [3.8, 4) is 0 Å². The van der Waals surface area contributed by atoms with E-state index in [0.717, 1.165) is 50.5 Å². The molecular weight excluding hydrogens is 735 g/mol. The van der Waals surface area contributed by atoms with Crippen LogP contribution < -0.4 is 10.6 Å². The first-order valence-electron chi connectivity index (χ1n) is 23.4. The zero-order chi connectivity index (χ0) is 42.2. The number of amides is 3. The van der Waals surface area contributed by atoms with E-state index >= 15 is 0 Å². The highest BCUT2D eigenvalue weighted by Gasteiger charge is 2.48. The van der Waals surface area contributed by atoms with Crippen LogP contribution >= 0.6 is 0 Å². The second-order valence-corrected chi connectivity index (χ2v) is 16.7. The van der Waals surface area contributed by atoms with Crippen LogP contribution in [-0.2, 0) is 25.7 Å². The summed E-state index contributed by atoms with van der Waals surface area (Å²) in [6.07, 6.45) is 24.0. The van der Waals surface area contributed by atoms with Crippen molar-refractivity contribution in [3.63, 3.8) is 0 Å². The van der Waals surface area contributed by atoms with Crippen LogP contribution in [0.2, 0.25) is 0 Å². The van der Waals surface area contributed by atoms with Gasteiger partial charge in [-0.05, 0) is 25.3 Å². The Morgan fingerprint density at radius 2 is 1.16 bits per heavy atom. The summed E-state index contributed by atoms with van der Waals surface area (Å²) in [5.41, 5.74) is 0.795. The number of nitrogens with zero attached hydrogens (tertiary/aromatic N) is 1. The van der Waals surface area contributed by atoms with Crippen LogP contribution in [0.5, 0.6) is 0 Å². The van der Waals surface area contributed by atoms with Crippen molar-refractivity contribution in [3.05, 3.63) is 35.9 Å². The van der Waals surface area contributed by atoms with E-state index in [4.69, 9.17) is 9.47 Å². The predicted octanol–water partition coefficient (Wildman–Crippen LogP) is 9.24. The number of benzene rings is 1. The van der Waals surface area contributed by atoms with E-state index in [1.807, 2.05) is 30.3 Å². The molecule has 1 aromatic carbocycles. The third-order valence-corrected chi connectivity index (χ3v) is 11.5. The van der Waals surface area contributed by atoms with Gasteiger partial charge in [0.2, 0.25) is 11.8 Å². The highest BCUT2D eigenvalue weighted by molar-refractivity contribution is 5.85. The molecule has 0 unspecified atom stereocenters. The average Bonchev–Trinajstić information content (AvgIpc) is 3.23. The SMILES string of the molecule is CCCCCCCCCCCCCCCCCCN(C(=O)CCCCCCCCCCC)[C@@H]1O[C@H](CO)[C@@H](O)[C@H](O)[C@H]1NC(=O)[C@@H](C)NC(=O)OCc1ccccc1. The Labute approximate surface area is 351 Å². The molecule has 2 rings (SSSR count). The normalized spacial score (nSPS) is 19.7. The van der Waals surface area contributed by atoms with Gasteiger partial charge in [-0.2, -0.15) is 0 Å². The Bertz CT molecular complexity index is 1190. The van der Waals surface area contributed by atoms with Gasteiger partial charge in [-0.15, -0.1) is 0 Å². The first-order valence-corrected chi connectivity index (χ1v) is 23.4. The smallest absolute Gasteiger partial charge is 0.408 e. The maximum Gasteiger partial charge on any atom is 0.408 e. The van der Waals surface area contributed by atoms with Crippen LogP contribution in [0.15, 0.2) is 30.3 Å². The summed E-state index contributed by atoms with van der Waals surface area (Å²) in [6, 6.07) is 6.91. The summed E-state index contributed by atoms with van der Waals surface area (Å²) < 4.78 is 11.4. The standard InChI is InChI=1S/C47H83N3O8/c1-4-6-8-10-12-14-15-16-17-18-19-20-22-24-26-31-35-50(41(52)34-30-25-23-21-13-11-9-7-5-2)46-42(44(54)43(53)40(36-51)58-46)49-45(55)38(3)48-47(56)57-37-39-32-28-27-29-33-39/h27-29,32-33,38,40,42-44,46,51,53-54H,4-26,30-31,34-37H2,1-3H3,(H,48,56)(H,49,55)/t38-,40-,42-,43-,44-,46-/m1/s1. The largest absolute Gasteiger partial charge is 0.445 e. The van der Waals surface area contributed by atoms with Crippen molar-refractivity contribution in [2.24, 2.45) is 0 Å². The lowest BCUT2D eigenvalue weighted by molar-refractivity contribution is -0.231. The van der Waals surface area contributed by atoms with Crippen LogP contribution in [0.25, 0.3) is 0 Å². The fraction of sp³-hybridized carbons (Fsp3) is 0.809. The van der Waals surface area contributed by atoms with Gasteiger partial charge < -0.3 is 40.3 Å². The maximum absolute atomic E-state index is 14.0.